The number of hydrogen-bond donors (Lipinski definition) is 3. The summed E-state index contributed by atoms with van der Waals surface area (Å²) >= 11 is 0. The molecule has 0 aromatic carbocycles. The predicted octanol–water partition coefficient (Wildman–Crippen LogP) is -0.315. The van der Waals surface area contributed by atoms with Crippen LogP contribution in [0.2, 0.25) is 0 Å². The van der Waals surface area contributed by atoms with Crippen molar-refractivity contribution in [1.29, 1.82) is 0 Å². The fourth-order valence-electron chi connectivity index (χ4n) is 0. The van der Waals surface area contributed by atoms with Crippen molar-refractivity contribution in [3.63, 3.8) is 0 Å². The van der Waals surface area contributed by atoms with Crippen LogP contribution in [0.25, 0.3) is 0 Å². The average molecular weight is 163 g/mol. The first-order valence-corrected chi connectivity index (χ1v) is 1.93. The minimum atomic E-state index is -2.54. The third kappa shape index (κ3) is 8.86. The van der Waals surface area contributed by atoms with E-state index < -0.39 is 8.60 Å². The van der Waals surface area contributed by atoms with Crippen LogP contribution in [0.4, 0.5) is 0 Å². The first-order chi connectivity index (χ1) is 2.27. The molecule has 6 heteroatoms. The predicted molar refractivity (Wildman–Crippen MR) is 15.1 cm³/mol. The number of rotatable bonds is 1. The standard InChI is InChI=1S/H3O4P.Zn/c1-4-5(2)3;/h1-3H;. The fourth-order valence-corrected chi connectivity index (χ4v) is 0. The largest absolute Gasteiger partial charge is 0.357 e. The maximum Gasteiger partial charge on any atom is 0.357 e. The topological polar surface area (TPSA) is 69.9 Å². The molecule has 0 aliphatic rings. The first-order valence-electron chi connectivity index (χ1n) is 0.765. The Morgan fingerprint density at radius 2 is 1.50 bits per heavy atom. The van der Waals surface area contributed by atoms with Crippen molar-refractivity contribution >= 4 is 8.60 Å². The molecular formula is H3O4PZn. The van der Waals surface area contributed by atoms with E-state index in [-0.39, 0.29) is 19.5 Å². The van der Waals surface area contributed by atoms with Crippen molar-refractivity contribution in [3.05, 3.63) is 0 Å². The van der Waals surface area contributed by atoms with Crippen LogP contribution >= 0.6 is 8.60 Å². The second kappa shape index (κ2) is 5.89. The molecule has 3 N–H and O–H groups in total. The van der Waals surface area contributed by atoms with Gasteiger partial charge in [-0.2, -0.15) is 4.67 Å². The molecule has 0 aromatic rings. The van der Waals surface area contributed by atoms with Crippen LogP contribution in [0.5, 0.6) is 0 Å². The van der Waals surface area contributed by atoms with Gasteiger partial charge in [0.1, 0.15) is 0 Å². The van der Waals surface area contributed by atoms with Gasteiger partial charge in [-0.05, 0) is 0 Å². The summed E-state index contributed by atoms with van der Waals surface area (Å²) in [5.74, 6) is 0. The van der Waals surface area contributed by atoms with Crippen molar-refractivity contribution in [2.45, 2.75) is 0 Å². The molecule has 0 fully saturated rings. The van der Waals surface area contributed by atoms with Crippen molar-refractivity contribution in [1.82, 2.24) is 0 Å². The molecule has 0 spiro atoms. The second-order valence-electron chi connectivity index (χ2n) is 0.334. The molecule has 0 saturated heterocycles. The van der Waals surface area contributed by atoms with Crippen LogP contribution in [-0.4, -0.2) is 15.0 Å². The molecule has 0 saturated carbocycles. The van der Waals surface area contributed by atoms with Gasteiger partial charge in [-0.25, -0.2) is 5.26 Å². The summed E-state index contributed by atoms with van der Waals surface area (Å²) in [6.07, 6.45) is 0. The Balaban J connectivity index is 0. The van der Waals surface area contributed by atoms with Gasteiger partial charge in [0.15, 0.2) is 0 Å². The van der Waals surface area contributed by atoms with E-state index in [0.29, 0.717) is 0 Å². The van der Waals surface area contributed by atoms with Gasteiger partial charge in [0.25, 0.3) is 0 Å². The summed E-state index contributed by atoms with van der Waals surface area (Å²) in [6, 6.07) is 0. The van der Waals surface area contributed by atoms with E-state index >= 15 is 0 Å². The monoisotopic (exact) mass is 162 g/mol. The van der Waals surface area contributed by atoms with Crippen LogP contribution in [0.15, 0.2) is 0 Å². The molecule has 0 aliphatic carbocycles. The fraction of sp³-hybridized carbons (Fsp3) is 0. The maximum absolute atomic E-state index is 7.51. The van der Waals surface area contributed by atoms with Crippen molar-refractivity contribution < 1.29 is 39.2 Å². The van der Waals surface area contributed by atoms with Crippen LogP contribution < -0.4 is 0 Å². The van der Waals surface area contributed by atoms with Crippen LogP contribution in [0.1, 0.15) is 0 Å². The quantitative estimate of drug-likeness (QED) is 0.215. The van der Waals surface area contributed by atoms with Crippen molar-refractivity contribution in [2.24, 2.45) is 0 Å². The Morgan fingerprint density at radius 1 is 1.33 bits per heavy atom. The third-order valence-corrected chi connectivity index (χ3v) is 0.219. The molecule has 34 valence electrons. The molecule has 0 amide bonds. The van der Waals surface area contributed by atoms with Gasteiger partial charge in [0, 0.05) is 19.5 Å². The van der Waals surface area contributed by atoms with E-state index in [2.05, 4.69) is 4.67 Å². The second-order valence-corrected chi connectivity index (χ2v) is 1.00. The summed E-state index contributed by atoms with van der Waals surface area (Å²) in [6.45, 7) is 0. The molecule has 0 bridgehead atoms. The van der Waals surface area contributed by atoms with Gasteiger partial charge in [-0.1, -0.05) is 0 Å². The molecule has 0 aromatic heterocycles. The maximum atomic E-state index is 7.51. The molecule has 6 heavy (non-hydrogen) atoms. The van der Waals surface area contributed by atoms with Crippen LogP contribution in [0, 0.1) is 0 Å². The van der Waals surface area contributed by atoms with E-state index in [1.165, 1.54) is 0 Å². The smallest absolute Gasteiger partial charge is 0.327 e. The molecule has 0 unspecified atom stereocenters. The summed E-state index contributed by atoms with van der Waals surface area (Å²) < 4.78 is 2.93. The molecule has 0 rings (SSSR count). The Kier molecular flexibility index (Phi) is 9.82. The van der Waals surface area contributed by atoms with E-state index in [1.807, 2.05) is 0 Å². The summed E-state index contributed by atoms with van der Waals surface area (Å²) in [4.78, 5) is 15.0. The van der Waals surface area contributed by atoms with Gasteiger partial charge in [-0.15, -0.1) is 0 Å². The Hall–Kier alpha value is 0.893. The molecule has 0 radical (unpaired) electrons. The molecular weight excluding hydrogens is 160 g/mol. The van der Waals surface area contributed by atoms with Gasteiger partial charge >= 0.3 is 8.60 Å². The van der Waals surface area contributed by atoms with Crippen LogP contribution in [-0.2, 0) is 24.2 Å². The summed E-state index contributed by atoms with van der Waals surface area (Å²) in [5, 5.41) is 7.17. The zero-order valence-electron chi connectivity index (χ0n) is 2.90. The SMILES string of the molecule is OOP(O)O.[Zn]. The number of hydrogen-bond acceptors (Lipinski definition) is 4. The van der Waals surface area contributed by atoms with Crippen molar-refractivity contribution in [3.8, 4) is 0 Å². The molecule has 0 aliphatic heterocycles. The Labute approximate surface area is 48.4 Å². The van der Waals surface area contributed by atoms with E-state index in [4.69, 9.17) is 15.0 Å². The van der Waals surface area contributed by atoms with Gasteiger partial charge in [0.2, 0.25) is 0 Å². The Bertz CT molecular complexity index is 21.5. The van der Waals surface area contributed by atoms with Crippen LogP contribution in [0.3, 0.4) is 0 Å². The van der Waals surface area contributed by atoms with Gasteiger partial charge < -0.3 is 9.79 Å². The molecule has 0 atom stereocenters. The van der Waals surface area contributed by atoms with E-state index in [0.717, 1.165) is 0 Å². The van der Waals surface area contributed by atoms with Gasteiger partial charge in [-0.3, -0.25) is 0 Å². The van der Waals surface area contributed by atoms with Gasteiger partial charge in [0.05, 0.1) is 0 Å². The molecule has 4 nitrogen and oxygen atoms in total. The zero-order chi connectivity index (χ0) is 4.28. The average Bonchev–Trinajstić information content (AvgIpc) is 1.38. The summed E-state index contributed by atoms with van der Waals surface area (Å²) in [7, 11) is -2.54. The van der Waals surface area contributed by atoms with Crippen molar-refractivity contribution in [2.75, 3.05) is 0 Å². The molecule has 0 heterocycles. The van der Waals surface area contributed by atoms with E-state index in [1.54, 1.807) is 0 Å². The third-order valence-electron chi connectivity index (χ3n) is 0.0730. The first kappa shape index (κ1) is 10.00. The normalized spacial score (nSPS) is 8.00. The van der Waals surface area contributed by atoms with E-state index in [9.17, 15) is 0 Å². The Morgan fingerprint density at radius 3 is 1.50 bits per heavy atom. The minimum Gasteiger partial charge on any atom is -0.327 e. The zero-order valence-corrected chi connectivity index (χ0v) is 6.77. The minimum absolute atomic E-state index is 0. The summed E-state index contributed by atoms with van der Waals surface area (Å²) in [5.41, 5.74) is 0.